The van der Waals surface area contributed by atoms with Crippen molar-refractivity contribution in [2.75, 3.05) is 5.32 Å². The molecule has 1 aliphatic rings. The molecular weight excluding hydrogens is 186 g/mol. The van der Waals surface area contributed by atoms with Gasteiger partial charge in [-0.15, -0.1) is 0 Å². The van der Waals surface area contributed by atoms with E-state index in [1.165, 1.54) is 6.42 Å². The molecule has 1 aromatic carbocycles. The van der Waals surface area contributed by atoms with Crippen LogP contribution >= 0.6 is 0 Å². The van der Waals surface area contributed by atoms with Gasteiger partial charge in [0.05, 0.1) is 11.3 Å². The summed E-state index contributed by atoms with van der Waals surface area (Å²) in [6.45, 7) is 0. The molecule has 1 saturated carbocycles. The van der Waals surface area contributed by atoms with Crippen LogP contribution in [-0.4, -0.2) is 12.1 Å². The van der Waals surface area contributed by atoms with Crippen LogP contribution in [0.1, 0.15) is 24.8 Å². The molecule has 0 amide bonds. The lowest BCUT2D eigenvalue weighted by atomic mass is 10.1. The molecule has 3 N–H and O–H groups in total. The van der Waals surface area contributed by atoms with E-state index in [9.17, 15) is 0 Å². The Kier molecular flexibility index (Phi) is 2.89. The van der Waals surface area contributed by atoms with Gasteiger partial charge in [-0.25, -0.2) is 0 Å². The van der Waals surface area contributed by atoms with Crippen LogP contribution in [0.15, 0.2) is 24.3 Å². The molecule has 78 valence electrons. The molecule has 0 bridgehead atoms. The fourth-order valence-corrected chi connectivity index (χ4v) is 2.07. The third-order valence-electron chi connectivity index (χ3n) is 2.96. The summed E-state index contributed by atoms with van der Waals surface area (Å²) in [5, 5.41) is 12.3. The number of hydrogen-bond donors (Lipinski definition) is 2. The van der Waals surface area contributed by atoms with E-state index in [1.54, 1.807) is 0 Å². The smallest absolute Gasteiger partial charge is 0.101 e. The maximum atomic E-state index is 8.94. The van der Waals surface area contributed by atoms with Crippen molar-refractivity contribution in [2.24, 2.45) is 5.73 Å². The zero-order valence-electron chi connectivity index (χ0n) is 8.61. The molecule has 1 aliphatic carbocycles. The highest BCUT2D eigenvalue weighted by atomic mass is 15.0. The fourth-order valence-electron chi connectivity index (χ4n) is 2.07. The largest absolute Gasteiger partial charge is 0.380 e. The predicted molar refractivity (Wildman–Crippen MR) is 60.4 cm³/mol. The number of nitrogens with one attached hydrogen (secondary N) is 1. The van der Waals surface area contributed by atoms with E-state index >= 15 is 0 Å². The van der Waals surface area contributed by atoms with Crippen LogP contribution in [0.4, 0.5) is 5.69 Å². The summed E-state index contributed by atoms with van der Waals surface area (Å²) >= 11 is 0. The van der Waals surface area contributed by atoms with Crippen molar-refractivity contribution in [1.82, 2.24) is 0 Å². The van der Waals surface area contributed by atoms with Crippen molar-refractivity contribution in [2.45, 2.75) is 31.3 Å². The van der Waals surface area contributed by atoms with E-state index in [0.717, 1.165) is 18.5 Å². The van der Waals surface area contributed by atoms with Crippen LogP contribution in [-0.2, 0) is 0 Å². The third kappa shape index (κ3) is 2.11. The summed E-state index contributed by atoms with van der Waals surface area (Å²) in [6, 6.07) is 10.3. The van der Waals surface area contributed by atoms with Gasteiger partial charge in [0.1, 0.15) is 6.07 Å². The minimum atomic E-state index is 0.219. The van der Waals surface area contributed by atoms with Gasteiger partial charge in [-0.2, -0.15) is 5.26 Å². The van der Waals surface area contributed by atoms with Crippen LogP contribution in [0.5, 0.6) is 0 Å². The van der Waals surface area contributed by atoms with Crippen molar-refractivity contribution in [3.05, 3.63) is 29.8 Å². The normalized spacial score (nSPS) is 24.8. The Labute approximate surface area is 89.9 Å². The lowest BCUT2D eigenvalue weighted by Crippen LogP contribution is -2.35. The fraction of sp³-hybridized carbons (Fsp3) is 0.417. The van der Waals surface area contributed by atoms with Crippen LogP contribution in [0, 0.1) is 11.3 Å². The first-order valence-electron chi connectivity index (χ1n) is 5.32. The predicted octanol–water partition coefficient (Wildman–Crippen LogP) is 1.85. The molecule has 0 spiro atoms. The Balaban J connectivity index is 2.14. The van der Waals surface area contributed by atoms with Gasteiger partial charge in [-0.3, -0.25) is 0 Å². The number of para-hydroxylation sites is 1. The maximum absolute atomic E-state index is 8.94. The Morgan fingerprint density at radius 2 is 2.13 bits per heavy atom. The number of nitrogens with two attached hydrogens (primary N) is 1. The second-order valence-corrected chi connectivity index (χ2v) is 4.00. The number of hydrogen-bond acceptors (Lipinski definition) is 3. The summed E-state index contributed by atoms with van der Waals surface area (Å²) in [7, 11) is 0. The first-order valence-corrected chi connectivity index (χ1v) is 5.32. The van der Waals surface area contributed by atoms with E-state index in [1.807, 2.05) is 24.3 Å². The molecule has 0 aliphatic heterocycles. The highest BCUT2D eigenvalue weighted by Gasteiger charge is 2.23. The molecule has 0 saturated heterocycles. The molecule has 0 aromatic heterocycles. The first-order chi connectivity index (χ1) is 7.31. The highest BCUT2D eigenvalue weighted by molar-refractivity contribution is 5.57. The topological polar surface area (TPSA) is 61.8 Å². The van der Waals surface area contributed by atoms with Crippen LogP contribution in [0.2, 0.25) is 0 Å². The molecule has 0 heterocycles. The van der Waals surface area contributed by atoms with Crippen LogP contribution < -0.4 is 11.1 Å². The SMILES string of the molecule is N#Cc1ccccc1NC1CCCC1N. The average molecular weight is 201 g/mol. The number of anilines is 1. The van der Waals surface area contributed by atoms with Crippen LogP contribution in [0.3, 0.4) is 0 Å². The van der Waals surface area contributed by atoms with Gasteiger partial charge < -0.3 is 11.1 Å². The number of rotatable bonds is 2. The van der Waals surface area contributed by atoms with E-state index < -0.39 is 0 Å². The zero-order chi connectivity index (χ0) is 10.7. The van der Waals surface area contributed by atoms with Crippen molar-refractivity contribution < 1.29 is 0 Å². The second kappa shape index (κ2) is 4.33. The van der Waals surface area contributed by atoms with Gasteiger partial charge in [0, 0.05) is 12.1 Å². The number of nitriles is 1. The number of benzene rings is 1. The maximum Gasteiger partial charge on any atom is 0.101 e. The Hall–Kier alpha value is -1.53. The van der Waals surface area contributed by atoms with Crippen molar-refractivity contribution in [3.8, 4) is 6.07 Å². The minimum Gasteiger partial charge on any atom is -0.380 e. The third-order valence-corrected chi connectivity index (χ3v) is 2.96. The Morgan fingerprint density at radius 3 is 2.80 bits per heavy atom. The van der Waals surface area contributed by atoms with Gasteiger partial charge in [0.15, 0.2) is 0 Å². The average Bonchev–Trinajstić information content (AvgIpc) is 2.65. The van der Waals surface area contributed by atoms with Gasteiger partial charge in [-0.05, 0) is 31.4 Å². The summed E-state index contributed by atoms with van der Waals surface area (Å²) in [5.74, 6) is 0. The molecule has 3 heteroatoms. The van der Waals surface area contributed by atoms with Crippen molar-refractivity contribution >= 4 is 5.69 Å². The molecule has 1 aromatic rings. The summed E-state index contributed by atoms with van der Waals surface area (Å²) in [4.78, 5) is 0. The van der Waals surface area contributed by atoms with E-state index in [4.69, 9.17) is 11.0 Å². The highest BCUT2D eigenvalue weighted by Crippen LogP contribution is 2.23. The minimum absolute atomic E-state index is 0.219. The monoisotopic (exact) mass is 201 g/mol. The number of nitrogens with zero attached hydrogens (tertiary/aromatic N) is 1. The van der Waals surface area contributed by atoms with Gasteiger partial charge in [-0.1, -0.05) is 12.1 Å². The summed E-state index contributed by atoms with van der Waals surface area (Å²) in [6.07, 6.45) is 3.35. The molecule has 2 rings (SSSR count). The standard InChI is InChI=1S/C12H15N3/c13-8-9-4-1-2-6-11(9)15-12-7-3-5-10(12)14/h1-2,4,6,10,12,15H,3,5,7,14H2. The summed E-state index contributed by atoms with van der Waals surface area (Å²) in [5.41, 5.74) is 7.57. The van der Waals surface area contributed by atoms with Crippen molar-refractivity contribution in [1.29, 1.82) is 5.26 Å². The molecule has 15 heavy (non-hydrogen) atoms. The Bertz CT molecular complexity index is 381. The molecule has 2 atom stereocenters. The lowest BCUT2D eigenvalue weighted by Gasteiger charge is -2.19. The molecular formula is C12H15N3. The first kappa shape index (κ1) is 10.0. The zero-order valence-corrected chi connectivity index (χ0v) is 8.61. The van der Waals surface area contributed by atoms with E-state index in [2.05, 4.69) is 11.4 Å². The van der Waals surface area contributed by atoms with Crippen molar-refractivity contribution in [3.63, 3.8) is 0 Å². The lowest BCUT2D eigenvalue weighted by molar-refractivity contribution is 0.638. The van der Waals surface area contributed by atoms with E-state index in [0.29, 0.717) is 11.6 Å². The van der Waals surface area contributed by atoms with Gasteiger partial charge in [0.2, 0.25) is 0 Å². The second-order valence-electron chi connectivity index (χ2n) is 4.00. The molecule has 2 unspecified atom stereocenters. The Morgan fingerprint density at radius 1 is 1.33 bits per heavy atom. The van der Waals surface area contributed by atoms with Gasteiger partial charge >= 0.3 is 0 Å². The summed E-state index contributed by atoms with van der Waals surface area (Å²) < 4.78 is 0. The molecule has 1 fully saturated rings. The molecule has 3 nitrogen and oxygen atoms in total. The van der Waals surface area contributed by atoms with Crippen LogP contribution in [0.25, 0.3) is 0 Å². The van der Waals surface area contributed by atoms with Gasteiger partial charge in [0.25, 0.3) is 0 Å². The van der Waals surface area contributed by atoms with E-state index in [-0.39, 0.29) is 6.04 Å². The molecule has 0 radical (unpaired) electrons. The quantitative estimate of drug-likeness (QED) is 0.767.